The summed E-state index contributed by atoms with van der Waals surface area (Å²) in [6.07, 6.45) is 1.64. The molecule has 0 unspecified atom stereocenters. The molecule has 8 heteroatoms. The van der Waals surface area contributed by atoms with E-state index in [0.717, 1.165) is 35.7 Å². The summed E-state index contributed by atoms with van der Waals surface area (Å²) in [5.41, 5.74) is 5.74. The number of rotatable bonds is 6. The van der Waals surface area contributed by atoms with Gasteiger partial charge in [-0.25, -0.2) is 4.68 Å². The van der Waals surface area contributed by atoms with Crippen LogP contribution in [0.2, 0.25) is 0 Å². The Labute approximate surface area is 215 Å². The maximum atomic E-state index is 13.2. The van der Waals surface area contributed by atoms with Crippen LogP contribution in [0.5, 0.6) is 0 Å². The van der Waals surface area contributed by atoms with Gasteiger partial charge in [0, 0.05) is 35.6 Å². The molecule has 2 amide bonds. The molecule has 0 radical (unpaired) electrons. The van der Waals surface area contributed by atoms with E-state index in [1.54, 1.807) is 29.1 Å². The maximum absolute atomic E-state index is 13.2. The summed E-state index contributed by atoms with van der Waals surface area (Å²) in [5.74, 6) is -0.496. The minimum absolute atomic E-state index is 0.231. The molecule has 1 saturated heterocycles. The average molecular weight is 496 g/mol. The molecule has 0 atom stereocenters. The van der Waals surface area contributed by atoms with Crippen molar-refractivity contribution in [1.82, 2.24) is 9.78 Å². The minimum atomic E-state index is -0.265. The molecule has 5 rings (SSSR count). The number of aryl methyl sites for hydroxylation is 1. The van der Waals surface area contributed by atoms with E-state index in [4.69, 9.17) is 4.74 Å². The first-order chi connectivity index (χ1) is 18.0. The number of ether oxygens (including phenoxy) is 1. The smallest absolute Gasteiger partial charge is 0.256 e. The van der Waals surface area contributed by atoms with Crippen LogP contribution in [0.3, 0.4) is 0 Å². The molecule has 8 nitrogen and oxygen atoms in total. The van der Waals surface area contributed by atoms with Gasteiger partial charge in [-0.2, -0.15) is 5.10 Å². The summed E-state index contributed by atoms with van der Waals surface area (Å²) in [7, 11) is 0. The predicted molar refractivity (Wildman–Crippen MR) is 145 cm³/mol. The Morgan fingerprint density at radius 1 is 0.838 bits per heavy atom. The Morgan fingerprint density at radius 2 is 1.59 bits per heavy atom. The van der Waals surface area contributed by atoms with Crippen LogP contribution in [0.4, 0.5) is 17.1 Å². The number of carbonyl (C=O) groups excluding carboxylic acids is 2. The lowest BCUT2D eigenvalue weighted by atomic mass is 10.1. The molecule has 0 bridgehead atoms. The number of hydrogen-bond donors (Lipinski definition) is 2. The number of nitrogens with zero attached hydrogens (tertiary/aromatic N) is 3. The molecule has 1 aliphatic heterocycles. The van der Waals surface area contributed by atoms with Gasteiger partial charge in [0.1, 0.15) is 0 Å². The summed E-state index contributed by atoms with van der Waals surface area (Å²) in [6.45, 7) is 6.72. The highest BCUT2D eigenvalue weighted by molar-refractivity contribution is 6.08. The number of hydrogen-bond acceptors (Lipinski definition) is 5. The summed E-state index contributed by atoms with van der Waals surface area (Å²) >= 11 is 0. The van der Waals surface area contributed by atoms with Crippen LogP contribution < -0.4 is 15.5 Å². The second-order valence-corrected chi connectivity index (χ2v) is 8.98. The van der Waals surface area contributed by atoms with E-state index < -0.39 is 0 Å². The summed E-state index contributed by atoms with van der Waals surface area (Å²) in [4.78, 5) is 28.4. The molecular weight excluding hydrogens is 466 g/mol. The van der Waals surface area contributed by atoms with Crippen molar-refractivity contribution in [3.63, 3.8) is 0 Å². The van der Waals surface area contributed by atoms with Crippen LogP contribution in [0.15, 0.2) is 79.0 Å². The molecule has 188 valence electrons. The Balaban J connectivity index is 1.30. The first-order valence-corrected chi connectivity index (χ1v) is 12.3. The summed E-state index contributed by atoms with van der Waals surface area (Å²) in [5, 5.41) is 10.3. The molecular formula is C29H29N5O3. The van der Waals surface area contributed by atoms with E-state index in [2.05, 4.69) is 20.6 Å². The van der Waals surface area contributed by atoms with Crippen LogP contribution in [0, 0.1) is 13.8 Å². The molecule has 3 aromatic carbocycles. The number of carbonyl (C=O) groups is 2. The number of benzene rings is 3. The topological polar surface area (TPSA) is 88.5 Å². The molecule has 0 saturated carbocycles. The molecule has 4 aromatic rings. The Kier molecular flexibility index (Phi) is 7.00. The van der Waals surface area contributed by atoms with Crippen molar-refractivity contribution in [3.05, 3.63) is 101 Å². The second kappa shape index (κ2) is 10.7. The third-order valence-corrected chi connectivity index (χ3v) is 6.48. The minimum Gasteiger partial charge on any atom is -0.378 e. The molecule has 1 aromatic heterocycles. The SMILES string of the molecule is Cc1ccc(NC(=O)c2cccc(N3CCOCC3)c2)cc1C(=O)Nc1cnn(-c2ccccc2)c1C. The molecule has 0 aliphatic carbocycles. The third kappa shape index (κ3) is 5.39. The van der Waals surface area contributed by atoms with Gasteiger partial charge in [0.05, 0.1) is 36.5 Å². The summed E-state index contributed by atoms with van der Waals surface area (Å²) in [6, 6.07) is 22.6. The van der Waals surface area contributed by atoms with E-state index >= 15 is 0 Å². The fourth-order valence-electron chi connectivity index (χ4n) is 4.36. The third-order valence-electron chi connectivity index (χ3n) is 6.48. The zero-order valence-electron chi connectivity index (χ0n) is 20.9. The molecule has 1 aliphatic rings. The largest absolute Gasteiger partial charge is 0.378 e. The van der Waals surface area contributed by atoms with Crippen LogP contribution >= 0.6 is 0 Å². The summed E-state index contributed by atoms with van der Waals surface area (Å²) < 4.78 is 7.21. The standard InChI is InChI=1S/C29H29N5O3/c1-20-11-12-23(31-28(35)22-7-6-10-25(17-22)33-13-15-37-16-14-33)18-26(20)29(36)32-27-19-30-34(21(27)2)24-8-4-3-5-9-24/h3-12,17-19H,13-16H2,1-2H3,(H,31,35)(H,32,36). The monoisotopic (exact) mass is 495 g/mol. The van der Waals surface area contributed by atoms with E-state index in [-0.39, 0.29) is 11.8 Å². The van der Waals surface area contributed by atoms with Crippen LogP contribution in [-0.4, -0.2) is 47.9 Å². The highest BCUT2D eigenvalue weighted by Gasteiger charge is 2.17. The Bertz CT molecular complexity index is 1420. The predicted octanol–water partition coefficient (Wildman–Crippen LogP) is 4.83. The van der Waals surface area contributed by atoms with Gasteiger partial charge in [-0.1, -0.05) is 30.3 Å². The van der Waals surface area contributed by atoms with Crippen LogP contribution in [-0.2, 0) is 4.74 Å². The fraction of sp³-hybridized carbons (Fsp3) is 0.207. The maximum Gasteiger partial charge on any atom is 0.256 e. The van der Waals surface area contributed by atoms with E-state index in [1.165, 1.54) is 0 Å². The number of amides is 2. The number of morpholine rings is 1. The van der Waals surface area contributed by atoms with Gasteiger partial charge in [0.15, 0.2) is 0 Å². The van der Waals surface area contributed by atoms with Gasteiger partial charge >= 0.3 is 0 Å². The van der Waals surface area contributed by atoms with Crippen molar-refractivity contribution < 1.29 is 14.3 Å². The van der Waals surface area contributed by atoms with Gasteiger partial charge in [-0.3, -0.25) is 9.59 Å². The second-order valence-electron chi connectivity index (χ2n) is 8.98. The van der Waals surface area contributed by atoms with E-state index in [9.17, 15) is 9.59 Å². The first kappa shape index (κ1) is 24.3. The zero-order valence-corrected chi connectivity index (χ0v) is 20.9. The zero-order chi connectivity index (χ0) is 25.8. The number of para-hydroxylation sites is 1. The Morgan fingerprint density at radius 3 is 2.38 bits per heavy atom. The molecule has 1 fully saturated rings. The first-order valence-electron chi connectivity index (χ1n) is 12.3. The van der Waals surface area contributed by atoms with Crippen molar-refractivity contribution >= 4 is 28.9 Å². The lowest BCUT2D eigenvalue weighted by Gasteiger charge is -2.29. The van der Waals surface area contributed by atoms with Gasteiger partial charge in [0.2, 0.25) is 0 Å². The quantitative estimate of drug-likeness (QED) is 0.400. The van der Waals surface area contributed by atoms with Crippen molar-refractivity contribution in [3.8, 4) is 5.69 Å². The van der Waals surface area contributed by atoms with Gasteiger partial charge < -0.3 is 20.3 Å². The number of anilines is 3. The average Bonchev–Trinajstić information content (AvgIpc) is 3.30. The van der Waals surface area contributed by atoms with Crippen LogP contribution in [0.1, 0.15) is 32.0 Å². The molecule has 2 heterocycles. The Hall–Kier alpha value is -4.43. The van der Waals surface area contributed by atoms with Gasteiger partial charge in [-0.15, -0.1) is 0 Å². The lowest BCUT2D eigenvalue weighted by molar-refractivity contribution is 0.101. The van der Waals surface area contributed by atoms with Crippen molar-refractivity contribution in [1.29, 1.82) is 0 Å². The van der Waals surface area contributed by atoms with Crippen LogP contribution in [0.25, 0.3) is 5.69 Å². The normalized spacial score (nSPS) is 13.3. The van der Waals surface area contributed by atoms with E-state index in [1.807, 2.05) is 68.4 Å². The van der Waals surface area contributed by atoms with E-state index in [0.29, 0.717) is 35.7 Å². The molecule has 2 N–H and O–H groups in total. The molecule has 37 heavy (non-hydrogen) atoms. The lowest BCUT2D eigenvalue weighted by Crippen LogP contribution is -2.36. The highest BCUT2D eigenvalue weighted by Crippen LogP contribution is 2.23. The number of aromatic nitrogens is 2. The van der Waals surface area contributed by atoms with Crippen molar-refractivity contribution in [2.24, 2.45) is 0 Å². The highest BCUT2D eigenvalue weighted by atomic mass is 16.5. The van der Waals surface area contributed by atoms with Gasteiger partial charge in [-0.05, 0) is 61.9 Å². The fourth-order valence-corrected chi connectivity index (χ4v) is 4.36. The van der Waals surface area contributed by atoms with Crippen molar-refractivity contribution in [2.75, 3.05) is 41.8 Å². The van der Waals surface area contributed by atoms with Gasteiger partial charge in [0.25, 0.3) is 11.8 Å². The van der Waals surface area contributed by atoms with Crippen molar-refractivity contribution in [2.45, 2.75) is 13.8 Å². The number of nitrogens with one attached hydrogen (secondary N) is 2. The molecule has 0 spiro atoms.